The molecule has 1 radical (unpaired) electrons. The second-order valence-electron chi connectivity index (χ2n) is 6.13. The summed E-state index contributed by atoms with van der Waals surface area (Å²) in [4.78, 5) is 0. The zero-order chi connectivity index (χ0) is 15.6. The first-order chi connectivity index (χ1) is 10.3. The zero-order valence-electron chi connectivity index (χ0n) is 14.9. The molecule has 0 aliphatic carbocycles. The molecule has 0 N–H and O–H groups in total. The van der Waals surface area contributed by atoms with E-state index < -0.39 is 9.28 Å². The molecule has 0 rings (SSSR count). The van der Waals surface area contributed by atoms with Gasteiger partial charge in [0.15, 0.2) is 0 Å². The Balaban J connectivity index is 3.02. The molecule has 0 bridgehead atoms. The van der Waals surface area contributed by atoms with Crippen LogP contribution in [0.3, 0.4) is 0 Å². The Morgan fingerprint density at radius 1 is 0.524 bits per heavy atom. The van der Waals surface area contributed by atoms with Crippen molar-refractivity contribution in [2.24, 2.45) is 0 Å². The third-order valence-corrected chi connectivity index (χ3v) is 5.86. The van der Waals surface area contributed by atoms with Crippen molar-refractivity contribution >= 4 is 9.28 Å². The van der Waals surface area contributed by atoms with Gasteiger partial charge in [-0.1, -0.05) is 96.8 Å². The van der Waals surface area contributed by atoms with E-state index in [1.807, 2.05) is 0 Å². The highest BCUT2D eigenvalue weighted by molar-refractivity contribution is 6.44. The van der Waals surface area contributed by atoms with Crippen LogP contribution in [0.15, 0.2) is 0 Å². The Bertz CT molecular complexity index is 184. The van der Waals surface area contributed by atoms with Crippen molar-refractivity contribution < 1.29 is 8.85 Å². The molecule has 21 heavy (non-hydrogen) atoms. The minimum Gasteiger partial charge on any atom is -0.397 e. The number of unbranched alkanes of at least 4 members (excludes halogenated alkanes) is 13. The molecule has 0 saturated heterocycles. The molecule has 0 unspecified atom stereocenters. The van der Waals surface area contributed by atoms with Gasteiger partial charge in [0.25, 0.3) is 0 Å². The van der Waals surface area contributed by atoms with E-state index in [1.54, 1.807) is 14.2 Å². The molecule has 0 aliphatic heterocycles. The first-order valence-electron chi connectivity index (χ1n) is 9.29. The molecule has 0 aliphatic rings. The lowest BCUT2D eigenvalue weighted by Gasteiger charge is -2.08. The second kappa shape index (κ2) is 18.2. The maximum Gasteiger partial charge on any atom is 0.384 e. The Labute approximate surface area is 135 Å². The molecule has 0 fully saturated rings. The molecule has 0 amide bonds. The van der Waals surface area contributed by atoms with Crippen LogP contribution in [0.1, 0.15) is 96.8 Å². The Kier molecular flexibility index (Phi) is 18.3. The predicted octanol–water partition coefficient (Wildman–Crippen LogP) is 6.25. The minimum absolute atomic E-state index is 0.939. The van der Waals surface area contributed by atoms with E-state index >= 15 is 0 Å². The van der Waals surface area contributed by atoms with E-state index in [-0.39, 0.29) is 0 Å². The smallest absolute Gasteiger partial charge is 0.384 e. The number of hydrogen-bond acceptors (Lipinski definition) is 2. The summed E-state index contributed by atoms with van der Waals surface area (Å²) in [5.74, 6) is 0. The van der Waals surface area contributed by atoms with Crippen molar-refractivity contribution in [1.82, 2.24) is 0 Å². The largest absolute Gasteiger partial charge is 0.397 e. The molecule has 0 heterocycles. The molecular formula is C18H39O2Si. The van der Waals surface area contributed by atoms with Crippen molar-refractivity contribution in [3.63, 3.8) is 0 Å². The third kappa shape index (κ3) is 16.3. The Hall–Kier alpha value is 0.137. The molecule has 0 saturated carbocycles. The summed E-state index contributed by atoms with van der Waals surface area (Å²) in [6, 6.07) is 1.13. The molecule has 0 aromatic rings. The van der Waals surface area contributed by atoms with E-state index in [4.69, 9.17) is 8.85 Å². The average molecular weight is 316 g/mol. The lowest BCUT2D eigenvalue weighted by Crippen LogP contribution is -2.18. The average Bonchev–Trinajstić information content (AvgIpc) is 2.51. The quantitative estimate of drug-likeness (QED) is 0.233. The van der Waals surface area contributed by atoms with Crippen LogP contribution in [0.25, 0.3) is 0 Å². The molecule has 127 valence electrons. The van der Waals surface area contributed by atoms with Gasteiger partial charge in [0, 0.05) is 14.2 Å². The molecule has 0 aromatic heterocycles. The highest BCUT2D eigenvalue weighted by Crippen LogP contribution is 2.13. The molecular weight excluding hydrogens is 276 g/mol. The molecule has 3 heteroatoms. The van der Waals surface area contributed by atoms with Gasteiger partial charge in [0.05, 0.1) is 0 Å². The third-order valence-electron chi connectivity index (χ3n) is 4.19. The lowest BCUT2D eigenvalue weighted by molar-refractivity contribution is 0.276. The van der Waals surface area contributed by atoms with E-state index in [1.165, 1.54) is 89.9 Å². The van der Waals surface area contributed by atoms with E-state index in [9.17, 15) is 0 Å². The van der Waals surface area contributed by atoms with E-state index in [0.29, 0.717) is 0 Å². The predicted molar refractivity (Wildman–Crippen MR) is 94.9 cm³/mol. The van der Waals surface area contributed by atoms with Gasteiger partial charge in [0.1, 0.15) is 0 Å². The topological polar surface area (TPSA) is 18.5 Å². The summed E-state index contributed by atoms with van der Waals surface area (Å²) in [5.41, 5.74) is 0. The summed E-state index contributed by atoms with van der Waals surface area (Å²) in [6.07, 6.45) is 19.8. The van der Waals surface area contributed by atoms with Gasteiger partial charge < -0.3 is 8.85 Å². The summed E-state index contributed by atoms with van der Waals surface area (Å²) in [5, 5.41) is 0. The van der Waals surface area contributed by atoms with Gasteiger partial charge in [0.2, 0.25) is 0 Å². The monoisotopic (exact) mass is 315 g/mol. The Morgan fingerprint density at radius 2 is 0.857 bits per heavy atom. The summed E-state index contributed by atoms with van der Waals surface area (Å²) >= 11 is 0. The van der Waals surface area contributed by atoms with Crippen LogP contribution in [-0.4, -0.2) is 23.5 Å². The van der Waals surface area contributed by atoms with Crippen molar-refractivity contribution in [2.45, 2.75) is 103 Å². The first kappa shape index (κ1) is 21.1. The second-order valence-corrected chi connectivity index (χ2v) is 8.19. The van der Waals surface area contributed by atoms with Crippen molar-refractivity contribution in [3.8, 4) is 0 Å². The Morgan fingerprint density at radius 3 is 1.19 bits per heavy atom. The maximum atomic E-state index is 5.29. The zero-order valence-corrected chi connectivity index (χ0v) is 15.9. The van der Waals surface area contributed by atoms with Crippen molar-refractivity contribution in [2.75, 3.05) is 14.2 Å². The van der Waals surface area contributed by atoms with Crippen LogP contribution in [0.5, 0.6) is 0 Å². The molecule has 0 atom stereocenters. The number of rotatable bonds is 17. The maximum absolute atomic E-state index is 5.29. The normalized spacial score (nSPS) is 11.4. The van der Waals surface area contributed by atoms with Gasteiger partial charge in [-0.25, -0.2) is 0 Å². The van der Waals surface area contributed by atoms with Gasteiger partial charge in [-0.2, -0.15) is 0 Å². The summed E-state index contributed by atoms with van der Waals surface area (Å²) in [6.45, 7) is 2.29. The molecule has 0 aromatic carbocycles. The summed E-state index contributed by atoms with van der Waals surface area (Å²) < 4.78 is 10.6. The highest BCUT2D eigenvalue weighted by atomic mass is 28.3. The summed E-state index contributed by atoms with van der Waals surface area (Å²) in [7, 11) is 2.59. The van der Waals surface area contributed by atoms with E-state index in [2.05, 4.69) is 6.92 Å². The standard InChI is InChI=1S/C18H39O2Si/c1-4-5-6-7-8-9-10-11-12-13-14-15-16-17-18-21(19-2)20-3/h4-18H2,1-3H3. The van der Waals surface area contributed by atoms with Gasteiger partial charge in [-0.15, -0.1) is 0 Å². The van der Waals surface area contributed by atoms with Crippen LogP contribution in [-0.2, 0) is 8.85 Å². The van der Waals surface area contributed by atoms with Crippen LogP contribution >= 0.6 is 0 Å². The lowest BCUT2D eigenvalue weighted by atomic mass is 10.0. The van der Waals surface area contributed by atoms with Gasteiger partial charge in [-0.3, -0.25) is 0 Å². The fraction of sp³-hybridized carbons (Fsp3) is 1.00. The molecule has 0 spiro atoms. The van der Waals surface area contributed by atoms with E-state index in [0.717, 1.165) is 6.04 Å². The van der Waals surface area contributed by atoms with Crippen molar-refractivity contribution in [3.05, 3.63) is 0 Å². The highest BCUT2D eigenvalue weighted by Gasteiger charge is 2.10. The van der Waals surface area contributed by atoms with Crippen molar-refractivity contribution in [1.29, 1.82) is 0 Å². The first-order valence-corrected chi connectivity index (χ1v) is 10.8. The van der Waals surface area contributed by atoms with Crippen LogP contribution in [0, 0.1) is 0 Å². The van der Waals surface area contributed by atoms with Crippen LogP contribution in [0.2, 0.25) is 6.04 Å². The van der Waals surface area contributed by atoms with Crippen LogP contribution < -0.4 is 0 Å². The fourth-order valence-electron chi connectivity index (χ4n) is 2.75. The fourth-order valence-corrected chi connectivity index (χ4v) is 3.86. The van der Waals surface area contributed by atoms with Gasteiger partial charge >= 0.3 is 9.28 Å². The van der Waals surface area contributed by atoms with Gasteiger partial charge in [-0.05, 0) is 6.04 Å². The SMILES string of the molecule is CCCCCCCCCCCCCCCC[Si](OC)OC. The number of hydrogen-bond donors (Lipinski definition) is 0. The van der Waals surface area contributed by atoms with Crippen LogP contribution in [0.4, 0.5) is 0 Å². The molecule has 2 nitrogen and oxygen atoms in total. The minimum atomic E-state index is -0.939.